The molecule has 22 heavy (non-hydrogen) atoms. The molecule has 1 aromatic heterocycles. The summed E-state index contributed by atoms with van der Waals surface area (Å²) < 4.78 is 28.8. The molecule has 0 saturated carbocycles. The third-order valence-electron chi connectivity index (χ3n) is 3.82. The molecule has 1 fully saturated rings. The molecule has 1 aromatic carbocycles. The molecular weight excluding hydrogens is 376 g/mol. The Morgan fingerprint density at radius 3 is 2.91 bits per heavy atom. The molecule has 0 bridgehead atoms. The van der Waals surface area contributed by atoms with Crippen molar-refractivity contribution in [2.75, 3.05) is 24.3 Å². The van der Waals surface area contributed by atoms with Gasteiger partial charge in [-0.3, -0.25) is 0 Å². The van der Waals surface area contributed by atoms with Crippen LogP contribution in [0.25, 0.3) is 10.9 Å². The maximum Gasteiger partial charge on any atom is 0.189 e. The van der Waals surface area contributed by atoms with Crippen molar-refractivity contribution in [3.8, 4) is 0 Å². The monoisotopic (exact) mass is 389 g/mol. The summed E-state index contributed by atoms with van der Waals surface area (Å²) in [5.74, 6) is -0.820. The van der Waals surface area contributed by atoms with Crippen LogP contribution in [0, 0.1) is 11.6 Å². The smallest absolute Gasteiger partial charge is 0.189 e. The van der Waals surface area contributed by atoms with E-state index < -0.39 is 11.6 Å². The van der Waals surface area contributed by atoms with Crippen molar-refractivity contribution >= 4 is 44.4 Å². The van der Waals surface area contributed by atoms with E-state index >= 15 is 0 Å². The lowest BCUT2D eigenvalue weighted by atomic mass is 10.2. The fraction of sp³-hybridized carbons (Fsp3) is 0.429. The predicted octanol–water partition coefficient (Wildman–Crippen LogP) is 3.35. The van der Waals surface area contributed by atoms with Gasteiger partial charge in [0.05, 0.1) is 22.5 Å². The quantitative estimate of drug-likeness (QED) is 0.495. The van der Waals surface area contributed by atoms with Crippen LogP contribution in [-0.4, -0.2) is 40.5 Å². The van der Waals surface area contributed by atoms with Crippen LogP contribution >= 0.6 is 27.7 Å². The van der Waals surface area contributed by atoms with E-state index in [0.29, 0.717) is 17.5 Å². The number of halogens is 3. The molecule has 1 atom stereocenters. The Morgan fingerprint density at radius 2 is 2.23 bits per heavy atom. The number of fused-ring (bicyclic) bond motifs is 1. The van der Waals surface area contributed by atoms with Crippen LogP contribution in [0.2, 0.25) is 0 Å². The number of aromatic nitrogens is 2. The number of benzene rings is 1. The van der Waals surface area contributed by atoms with Crippen molar-refractivity contribution in [1.82, 2.24) is 9.97 Å². The molecule has 1 aliphatic rings. The summed E-state index contributed by atoms with van der Waals surface area (Å²) in [6.07, 6.45) is 3.47. The molecule has 0 spiro atoms. The van der Waals surface area contributed by atoms with Gasteiger partial charge in [-0.1, -0.05) is 11.8 Å². The first kappa shape index (κ1) is 15.9. The van der Waals surface area contributed by atoms with Crippen LogP contribution in [-0.2, 0) is 0 Å². The number of aliphatic hydroxyl groups excluding tert-OH is 1. The molecule has 118 valence electrons. The van der Waals surface area contributed by atoms with Gasteiger partial charge in [-0.15, -0.1) is 0 Å². The Morgan fingerprint density at radius 1 is 1.45 bits per heavy atom. The molecule has 2 aromatic rings. The van der Waals surface area contributed by atoms with Crippen molar-refractivity contribution in [3.63, 3.8) is 0 Å². The topological polar surface area (TPSA) is 49.2 Å². The SMILES string of the molecule is CSc1nc(N2CCC[C@H]2CO)c2c(F)cc(Br)c(F)c2n1. The highest BCUT2D eigenvalue weighted by molar-refractivity contribution is 9.10. The molecule has 8 heteroatoms. The zero-order valence-corrected chi connectivity index (χ0v) is 14.2. The number of hydrogen-bond donors (Lipinski definition) is 1. The average Bonchev–Trinajstić information content (AvgIpc) is 2.99. The van der Waals surface area contributed by atoms with Gasteiger partial charge in [0.25, 0.3) is 0 Å². The summed E-state index contributed by atoms with van der Waals surface area (Å²) in [6.45, 7) is 0.614. The molecule has 1 N–H and O–H groups in total. The fourth-order valence-electron chi connectivity index (χ4n) is 2.77. The second-order valence-corrected chi connectivity index (χ2v) is 6.71. The summed E-state index contributed by atoms with van der Waals surface area (Å²) in [6, 6.07) is 0.965. The molecule has 4 nitrogen and oxygen atoms in total. The summed E-state index contributed by atoms with van der Waals surface area (Å²) in [4.78, 5) is 10.3. The lowest BCUT2D eigenvalue weighted by molar-refractivity contribution is 0.266. The number of rotatable bonds is 3. The van der Waals surface area contributed by atoms with E-state index in [4.69, 9.17) is 0 Å². The van der Waals surface area contributed by atoms with Crippen molar-refractivity contribution in [2.24, 2.45) is 0 Å². The highest BCUT2D eigenvalue weighted by Crippen LogP contribution is 2.36. The maximum atomic E-state index is 14.4. The van der Waals surface area contributed by atoms with E-state index in [9.17, 15) is 13.9 Å². The highest BCUT2D eigenvalue weighted by atomic mass is 79.9. The fourth-order valence-corrected chi connectivity index (χ4v) is 3.52. The van der Waals surface area contributed by atoms with Gasteiger partial charge < -0.3 is 10.0 Å². The van der Waals surface area contributed by atoms with Crippen LogP contribution in [0.4, 0.5) is 14.6 Å². The molecule has 2 heterocycles. The predicted molar refractivity (Wildman–Crippen MR) is 86.4 cm³/mol. The zero-order valence-electron chi connectivity index (χ0n) is 11.8. The zero-order chi connectivity index (χ0) is 15.9. The minimum absolute atomic E-state index is 0.0364. The van der Waals surface area contributed by atoms with Gasteiger partial charge in [-0.2, -0.15) is 0 Å². The molecule has 0 unspecified atom stereocenters. The Kier molecular flexibility index (Phi) is 4.52. The van der Waals surface area contributed by atoms with Crippen LogP contribution in [0.5, 0.6) is 0 Å². The third kappa shape index (κ3) is 2.57. The molecule has 1 aliphatic heterocycles. The largest absolute Gasteiger partial charge is 0.394 e. The van der Waals surface area contributed by atoms with Gasteiger partial charge in [0.1, 0.15) is 17.2 Å². The Labute approximate surface area is 139 Å². The number of nitrogens with zero attached hydrogens (tertiary/aromatic N) is 3. The maximum absolute atomic E-state index is 14.4. The van der Waals surface area contributed by atoms with E-state index in [1.807, 2.05) is 4.90 Å². The van der Waals surface area contributed by atoms with E-state index in [1.165, 1.54) is 11.8 Å². The van der Waals surface area contributed by atoms with Gasteiger partial charge >= 0.3 is 0 Å². The highest BCUT2D eigenvalue weighted by Gasteiger charge is 2.29. The number of aliphatic hydroxyl groups is 1. The Balaban J connectivity index is 2.30. The minimum atomic E-state index is -0.602. The van der Waals surface area contributed by atoms with E-state index in [0.717, 1.165) is 18.9 Å². The molecule has 0 radical (unpaired) electrons. The lowest BCUT2D eigenvalue weighted by Gasteiger charge is -2.25. The van der Waals surface area contributed by atoms with Crippen LogP contribution in [0.1, 0.15) is 12.8 Å². The normalized spacial score (nSPS) is 18.4. The first-order valence-electron chi connectivity index (χ1n) is 6.83. The van der Waals surface area contributed by atoms with Gasteiger partial charge in [0.15, 0.2) is 11.0 Å². The summed E-state index contributed by atoms with van der Waals surface area (Å²) in [7, 11) is 0. The minimum Gasteiger partial charge on any atom is -0.394 e. The number of anilines is 1. The lowest BCUT2D eigenvalue weighted by Crippen LogP contribution is -2.33. The first-order chi connectivity index (χ1) is 10.6. The summed E-state index contributed by atoms with van der Waals surface area (Å²) in [5.41, 5.74) is -0.0372. The van der Waals surface area contributed by atoms with Crippen LogP contribution < -0.4 is 4.90 Å². The molecule has 3 rings (SSSR count). The van der Waals surface area contributed by atoms with Crippen molar-refractivity contribution in [1.29, 1.82) is 0 Å². The second kappa shape index (κ2) is 6.25. The average molecular weight is 390 g/mol. The first-order valence-corrected chi connectivity index (χ1v) is 8.85. The molecule has 1 saturated heterocycles. The van der Waals surface area contributed by atoms with Gasteiger partial charge in [0.2, 0.25) is 0 Å². The van der Waals surface area contributed by atoms with E-state index in [1.54, 1.807) is 6.26 Å². The number of thioether (sulfide) groups is 1. The summed E-state index contributed by atoms with van der Waals surface area (Å²) in [5, 5.41) is 9.94. The van der Waals surface area contributed by atoms with E-state index in [2.05, 4.69) is 25.9 Å². The third-order valence-corrected chi connectivity index (χ3v) is 4.95. The Bertz CT molecular complexity index is 731. The molecular formula is C14H14BrF2N3OS. The van der Waals surface area contributed by atoms with Gasteiger partial charge in [0, 0.05) is 6.54 Å². The molecule has 0 amide bonds. The van der Waals surface area contributed by atoms with Gasteiger partial charge in [-0.05, 0) is 41.1 Å². The van der Waals surface area contributed by atoms with Crippen molar-refractivity contribution < 1.29 is 13.9 Å². The van der Waals surface area contributed by atoms with Crippen molar-refractivity contribution in [3.05, 3.63) is 22.2 Å². The summed E-state index contributed by atoms with van der Waals surface area (Å²) >= 11 is 4.28. The van der Waals surface area contributed by atoms with Crippen LogP contribution in [0.15, 0.2) is 15.7 Å². The standard InChI is InChI=1S/C14H14BrF2N3OS/c1-22-14-18-12-10(9(16)5-8(15)11(12)17)13(19-14)20-4-2-3-7(20)6-21/h5,7,21H,2-4,6H2,1H3/t7-/m0/s1. The number of hydrogen-bond acceptors (Lipinski definition) is 5. The Hall–Kier alpha value is -0.990. The van der Waals surface area contributed by atoms with Crippen molar-refractivity contribution in [2.45, 2.75) is 24.0 Å². The van der Waals surface area contributed by atoms with Gasteiger partial charge in [-0.25, -0.2) is 18.7 Å². The van der Waals surface area contributed by atoms with Crippen LogP contribution in [0.3, 0.4) is 0 Å². The molecule has 0 aliphatic carbocycles. The second-order valence-electron chi connectivity index (χ2n) is 5.08. The van der Waals surface area contributed by atoms with E-state index in [-0.39, 0.29) is 28.0 Å².